The number of rotatable bonds is 4. The number of hydrogen-bond donors (Lipinski definition) is 2. The molecule has 4 heteroatoms. The first-order chi connectivity index (χ1) is 8.70. The minimum absolute atomic E-state index is 0.00619. The second-order valence-electron chi connectivity index (χ2n) is 4.71. The molecule has 1 aromatic rings. The highest BCUT2D eigenvalue weighted by molar-refractivity contribution is 5.79. The third-order valence-corrected chi connectivity index (χ3v) is 3.44. The summed E-state index contributed by atoms with van der Waals surface area (Å²) in [5.74, 6) is 0.0798. The summed E-state index contributed by atoms with van der Waals surface area (Å²) in [7, 11) is 0. The van der Waals surface area contributed by atoms with Crippen LogP contribution in [0.25, 0.3) is 0 Å². The Morgan fingerprint density at radius 2 is 2.06 bits per heavy atom. The van der Waals surface area contributed by atoms with Crippen LogP contribution in [0.4, 0.5) is 0 Å². The van der Waals surface area contributed by atoms with Gasteiger partial charge < -0.3 is 15.8 Å². The van der Waals surface area contributed by atoms with Crippen LogP contribution in [0.5, 0.6) is 0 Å². The van der Waals surface area contributed by atoms with Gasteiger partial charge >= 0.3 is 0 Å². The van der Waals surface area contributed by atoms with Crippen LogP contribution in [0.1, 0.15) is 24.5 Å². The van der Waals surface area contributed by atoms with Gasteiger partial charge in [0.05, 0.1) is 12.0 Å². The fourth-order valence-corrected chi connectivity index (χ4v) is 2.19. The van der Waals surface area contributed by atoms with Crippen LogP contribution in [0.15, 0.2) is 24.3 Å². The zero-order valence-electron chi connectivity index (χ0n) is 10.7. The Kier molecular flexibility index (Phi) is 4.33. The number of hydrogen-bond acceptors (Lipinski definition) is 3. The Morgan fingerprint density at radius 3 is 2.61 bits per heavy atom. The number of ether oxygens (including phenoxy) is 1. The molecule has 1 heterocycles. The molecule has 1 aliphatic rings. The van der Waals surface area contributed by atoms with Crippen molar-refractivity contribution in [3.05, 3.63) is 35.4 Å². The molecule has 1 fully saturated rings. The maximum absolute atomic E-state index is 11.9. The maximum Gasteiger partial charge on any atom is 0.226 e. The van der Waals surface area contributed by atoms with Crippen molar-refractivity contribution in [2.24, 2.45) is 11.7 Å². The van der Waals surface area contributed by atoms with E-state index in [-0.39, 0.29) is 17.9 Å². The number of carbonyl (C=O) groups is 1. The third-order valence-electron chi connectivity index (χ3n) is 3.44. The summed E-state index contributed by atoms with van der Waals surface area (Å²) < 4.78 is 5.39. The lowest BCUT2D eigenvalue weighted by Crippen LogP contribution is -2.33. The Labute approximate surface area is 108 Å². The minimum atomic E-state index is -0.00619. The van der Waals surface area contributed by atoms with Gasteiger partial charge in [0, 0.05) is 19.7 Å². The Balaban J connectivity index is 1.85. The first kappa shape index (κ1) is 13.1. The van der Waals surface area contributed by atoms with Gasteiger partial charge in [0.2, 0.25) is 5.91 Å². The highest BCUT2D eigenvalue weighted by atomic mass is 16.5. The molecule has 0 aromatic heterocycles. The van der Waals surface area contributed by atoms with E-state index < -0.39 is 0 Å². The van der Waals surface area contributed by atoms with Crippen molar-refractivity contribution in [3.8, 4) is 0 Å². The highest BCUT2D eigenvalue weighted by Crippen LogP contribution is 2.20. The SMILES string of the molecule is CC1OCCC1C(=O)NCc1ccc(CN)cc1. The molecule has 2 rings (SSSR count). The standard InChI is InChI=1S/C14H20N2O2/c1-10-13(6-7-18-10)14(17)16-9-12-4-2-11(8-15)3-5-12/h2-5,10,13H,6-9,15H2,1H3,(H,16,17). The van der Waals surface area contributed by atoms with E-state index in [1.165, 1.54) is 0 Å². The summed E-state index contributed by atoms with van der Waals surface area (Å²) in [6, 6.07) is 7.97. The summed E-state index contributed by atoms with van der Waals surface area (Å²) in [6.07, 6.45) is 0.851. The zero-order valence-corrected chi connectivity index (χ0v) is 10.7. The van der Waals surface area contributed by atoms with Crippen LogP contribution in [0, 0.1) is 5.92 Å². The van der Waals surface area contributed by atoms with Crippen molar-refractivity contribution < 1.29 is 9.53 Å². The molecule has 1 saturated heterocycles. The normalized spacial score (nSPS) is 23.0. The molecule has 2 atom stereocenters. The van der Waals surface area contributed by atoms with Gasteiger partial charge in [-0.15, -0.1) is 0 Å². The van der Waals surface area contributed by atoms with Crippen molar-refractivity contribution in [2.75, 3.05) is 6.61 Å². The van der Waals surface area contributed by atoms with Gasteiger partial charge in [-0.3, -0.25) is 4.79 Å². The molecule has 4 nitrogen and oxygen atoms in total. The third kappa shape index (κ3) is 3.09. The first-order valence-electron chi connectivity index (χ1n) is 6.38. The first-order valence-corrected chi connectivity index (χ1v) is 6.38. The van der Waals surface area contributed by atoms with Gasteiger partial charge in [0.1, 0.15) is 0 Å². The molecule has 1 aromatic carbocycles. The lowest BCUT2D eigenvalue weighted by molar-refractivity contribution is -0.126. The Hall–Kier alpha value is -1.39. The summed E-state index contributed by atoms with van der Waals surface area (Å²) in [4.78, 5) is 11.9. The Morgan fingerprint density at radius 1 is 1.39 bits per heavy atom. The maximum atomic E-state index is 11.9. The fourth-order valence-electron chi connectivity index (χ4n) is 2.19. The van der Waals surface area contributed by atoms with Gasteiger partial charge in [-0.1, -0.05) is 24.3 Å². The van der Waals surface area contributed by atoms with Crippen molar-refractivity contribution in [1.29, 1.82) is 0 Å². The van der Waals surface area contributed by atoms with Gasteiger partial charge in [-0.05, 0) is 24.5 Å². The van der Waals surface area contributed by atoms with Crippen molar-refractivity contribution in [1.82, 2.24) is 5.32 Å². The number of nitrogens with one attached hydrogen (secondary N) is 1. The molecule has 3 N–H and O–H groups in total. The molecule has 18 heavy (non-hydrogen) atoms. The van der Waals surface area contributed by atoms with Crippen molar-refractivity contribution >= 4 is 5.91 Å². The van der Waals surface area contributed by atoms with E-state index in [1.807, 2.05) is 31.2 Å². The van der Waals surface area contributed by atoms with Gasteiger partial charge in [-0.2, -0.15) is 0 Å². The van der Waals surface area contributed by atoms with Crippen LogP contribution in [-0.2, 0) is 22.6 Å². The van der Waals surface area contributed by atoms with Crippen LogP contribution in [-0.4, -0.2) is 18.6 Å². The van der Waals surface area contributed by atoms with E-state index in [1.54, 1.807) is 0 Å². The number of benzene rings is 1. The lowest BCUT2D eigenvalue weighted by Gasteiger charge is -2.14. The molecule has 1 amide bonds. The van der Waals surface area contributed by atoms with Gasteiger partial charge in [0.15, 0.2) is 0 Å². The van der Waals surface area contributed by atoms with Gasteiger partial charge in [-0.25, -0.2) is 0 Å². The largest absolute Gasteiger partial charge is 0.378 e. The Bertz CT molecular complexity index is 403. The van der Waals surface area contributed by atoms with Crippen LogP contribution >= 0.6 is 0 Å². The average Bonchev–Trinajstić information content (AvgIpc) is 2.83. The molecule has 0 radical (unpaired) electrons. The van der Waals surface area contributed by atoms with E-state index in [2.05, 4.69) is 5.32 Å². The van der Waals surface area contributed by atoms with Crippen molar-refractivity contribution in [3.63, 3.8) is 0 Å². The molecular formula is C14H20N2O2. The summed E-state index contributed by atoms with van der Waals surface area (Å²) in [5.41, 5.74) is 7.73. The summed E-state index contributed by atoms with van der Waals surface area (Å²) >= 11 is 0. The van der Waals surface area contributed by atoms with Crippen molar-refractivity contribution in [2.45, 2.75) is 32.5 Å². The van der Waals surface area contributed by atoms with E-state index in [9.17, 15) is 4.79 Å². The van der Waals surface area contributed by atoms with Gasteiger partial charge in [0.25, 0.3) is 0 Å². The quantitative estimate of drug-likeness (QED) is 0.841. The van der Waals surface area contributed by atoms with E-state index in [0.717, 1.165) is 17.5 Å². The van der Waals surface area contributed by atoms with E-state index in [0.29, 0.717) is 19.7 Å². The molecule has 0 saturated carbocycles. The summed E-state index contributed by atoms with van der Waals surface area (Å²) in [5, 5.41) is 2.96. The second-order valence-corrected chi connectivity index (χ2v) is 4.71. The second kappa shape index (κ2) is 5.98. The van der Waals surface area contributed by atoms with Crippen LogP contribution in [0.2, 0.25) is 0 Å². The molecule has 1 aliphatic heterocycles. The molecule has 0 bridgehead atoms. The predicted molar refractivity (Wildman–Crippen MR) is 69.7 cm³/mol. The number of carbonyl (C=O) groups excluding carboxylic acids is 1. The molecule has 0 aliphatic carbocycles. The molecular weight excluding hydrogens is 228 g/mol. The number of amides is 1. The van der Waals surface area contributed by atoms with Crippen LogP contribution < -0.4 is 11.1 Å². The molecule has 98 valence electrons. The lowest BCUT2D eigenvalue weighted by atomic mass is 10.0. The topological polar surface area (TPSA) is 64.3 Å². The summed E-state index contributed by atoms with van der Waals surface area (Å²) in [6.45, 7) is 3.74. The minimum Gasteiger partial charge on any atom is -0.378 e. The number of nitrogens with two attached hydrogens (primary N) is 1. The predicted octanol–water partition coefficient (Wildman–Crippen LogP) is 1.19. The van der Waals surface area contributed by atoms with Crippen LogP contribution in [0.3, 0.4) is 0 Å². The van der Waals surface area contributed by atoms with E-state index >= 15 is 0 Å². The smallest absolute Gasteiger partial charge is 0.226 e. The monoisotopic (exact) mass is 248 g/mol. The highest BCUT2D eigenvalue weighted by Gasteiger charge is 2.30. The average molecular weight is 248 g/mol. The fraction of sp³-hybridized carbons (Fsp3) is 0.500. The zero-order chi connectivity index (χ0) is 13.0. The molecule has 0 spiro atoms. The molecule has 2 unspecified atom stereocenters. The van der Waals surface area contributed by atoms with E-state index in [4.69, 9.17) is 10.5 Å².